The molecule has 0 spiro atoms. The monoisotopic (exact) mass is 570 g/mol. The lowest BCUT2D eigenvalue weighted by Gasteiger charge is -2.22. The van der Waals surface area contributed by atoms with E-state index >= 15 is 0 Å². The molecule has 0 fully saturated rings. The summed E-state index contributed by atoms with van der Waals surface area (Å²) in [4.78, 5) is 15.0. The van der Waals surface area contributed by atoms with Crippen LogP contribution in [0.5, 0.6) is 11.5 Å². The molecule has 6 rings (SSSR count). The van der Waals surface area contributed by atoms with Gasteiger partial charge >= 0.3 is 0 Å². The molecule has 0 amide bonds. The van der Waals surface area contributed by atoms with Crippen LogP contribution in [0, 0.1) is 41.5 Å². The predicted molar refractivity (Wildman–Crippen MR) is 176 cm³/mol. The van der Waals surface area contributed by atoms with Crippen LogP contribution in [0.4, 0.5) is 0 Å². The number of aromatic nitrogens is 4. The van der Waals surface area contributed by atoms with Crippen LogP contribution in [0.25, 0.3) is 50.3 Å². The van der Waals surface area contributed by atoms with Crippen molar-refractivity contribution in [2.45, 2.75) is 54.9 Å². The number of aryl methyl sites for hydroxylation is 3. The highest BCUT2D eigenvalue weighted by atomic mass is 16.5. The lowest BCUT2D eigenvalue weighted by atomic mass is 9.91. The summed E-state index contributed by atoms with van der Waals surface area (Å²) in [6.07, 6.45) is 0.732. The third-order valence-electron chi connectivity index (χ3n) is 8.91. The molecular formula is C37H38N4O2. The van der Waals surface area contributed by atoms with E-state index in [1.807, 2.05) is 12.1 Å². The van der Waals surface area contributed by atoms with Crippen LogP contribution >= 0.6 is 0 Å². The highest BCUT2D eigenvalue weighted by Crippen LogP contribution is 2.41. The molecule has 0 bridgehead atoms. The molecule has 0 N–H and O–H groups in total. The smallest absolute Gasteiger partial charge is 0.164 e. The van der Waals surface area contributed by atoms with Gasteiger partial charge in [0, 0.05) is 28.3 Å². The van der Waals surface area contributed by atoms with E-state index in [0.29, 0.717) is 0 Å². The molecule has 0 aliphatic carbocycles. The first-order valence-electron chi connectivity index (χ1n) is 14.8. The molecule has 4 aromatic carbocycles. The number of hydrogen-bond donors (Lipinski definition) is 0. The van der Waals surface area contributed by atoms with Crippen molar-refractivity contribution in [3.63, 3.8) is 0 Å². The van der Waals surface area contributed by atoms with Crippen molar-refractivity contribution >= 4 is 21.8 Å². The largest absolute Gasteiger partial charge is 0.497 e. The van der Waals surface area contributed by atoms with Crippen LogP contribution in [0.1, 0.15) is 46.1 Å². The normalized spacial score (nSPS) is 11.5. The minimum absolute atomic E-state index is 0.731. The summed E-state index contributed by atoms with van der Waals surface area (Å²) in [5.41, 5.74) is 12.6. The third kappa shape index (κ3) is 4.53. The quantitative estimate of drug-likeness (QED) is 0.200. The molecule has 43 heavy (non-hydrogen) atoms. The Hall–Kier alpha value is -4.71. The molecule has 0 aliphatic rings. The first kappa shape index (κ1) is 28.4. The molecule has 0 saturated carbocycles. The first-order chi connectivity index (χ1) is 20.7. The van der Waals surface area contributed by atoms with E-state index in [1.54, 1.807) is 14.2 Å². The number of ether oxygens (including phenoxy) is 2. The Bertz CT molecular complexity index is 1940. The molecule has 0 unspecified atom stereocenters. The maximum absolute atomic E-state index is 5.61. The van der Waals surface area contributed by atoms with Gasteiger partial charge in [0.2, 0.25) is 0 Å². The SMILES string of the molecule is CCc1nc(-c2c(C)cccc2C)nc(-c2c(C)c(C)c(-n3c4ccc(OC)cc4c4cc(OC)ccc43)c(C)c2C)n1. The minimum Gasteiger partial charge on any atom is -0.497 e. The van der Waals surface area contributed by atoms with Gasteiger partial charge in [0.25, 0.3) is 0 Å². The van der Waals surface area contributed by atoms with Crippen LogP contribution < -0.4 is 9.47 Å². The topological polar surface area (TPSA) is 62.1 Å². The number of rotatable bonds is 6. The van der Waals surface area contributed by atoms with Gasteiger partial charge in [0.15, 0.2) is 11.6 Å². The zero-order valence-electron chi connectivity index (χ0n) is 26.5. The fourth-order valence-electron chi connectivity index (χ4n) is 6.41. The van der Waals surface area contributed by atoms with Crippen LogP contribution in [-0.4, -0.2) is 33.7 Å². The maximum atomic E-state index is 5.61. The van der Waals surface area contributed by atoms with Crippen molar-refractivity contribution < 1.29 is 9.47 Å². The van der Waals surface area contributed by atoms with Gasteiger partial charge in [-0.2, -0.15) is 0 Å². The van der Waals surface area contributed by atoms with Crippen molar-refractivity contribution in [2.24, 2.45) is 0 Å². The zero-order valence-corrected chi connectivity index (χ0v) is 26.5. The third-order valence-corrected chi connectivity index (χ3v) is 8.91. The predicted octanol–water partition coefficient (Wildman–Crippen LogP) is 8.73. The lowest BCUT2D eigenvalue weighted by Crippen LogP contribution is -2.09. The fourth-order valence-corrected chi connectivity index (χ4v) is 6.41. The zero-order chi connectivity index (χ0) is 30.6. The van der Waals surface area contributed by atoms with Crippen LogP contribution in [-0.2, 0) is 6.42 Å². The van der Waals surface area contributed by atoms with Gasteiger partial charge in [-0.1, -0.05) is 25.1 Å². The van der Waals surface area contributed by atoms with Crippen LogP contribution in [0.3, 0.4) is 0 Å². The first-order valence-corrected chi connectivity index (χ1v) is 14.8. The Morgan fingerprint density at radius 1 is 0.605 bits per heavy atom. The molecule has 6 nitrogen and oxygen atoms in total. The second-order valence-electron chi connectivity index (χ2n) is 11.3. The van der Waals surface area contributed by atoms with E-state index in [-0.39, 0.29) is 0 Å². The molecule has 0 radical (unpaired) electrons. The molecule has 0 atom stereocenters. The molecular weight excluding hydrogens is 532 g/mol. The molecule has 6 aromatic rings. The Labute approximate surface area is 253 Å². The molecule has 6 heteroatoms. The van der Waals surface area contributed by atoms with Gasteiger partial charge in [-0.15, -0.1) is 0 Å². The molecule has 218 valence electrons. The van der Waals surface area contributed by atoms with Crippen molar-refractivity contribution in [1.82, 2.24) is 19.5 Å². The number of hydrogen-bond acceptors (Lipinski definition) is 5. The highest BCUT2D eigenvalue weighted by molar-refractivity contribution is 6.10. The molecule has 2 aromatic heterocycles. The molecule has 0 aliphatic heterocycles. The van der Waals surface area contributed by atoms with E-state index in [2.05, 4.69) is 95.5 Å². The second-order valence-corrected chi connectivity index (χ2v) is 11.3. The average Bonchev–Trinajstić information content (AvgIpc) is 3.32. The average molecular weight is 571 g/mol. The van der Waals surface area contributed by atoms with Crippen molar-refractivity contribution in [1.29, 1.82) is 0 Å². The Morgan fingerprint density at radius 3 is 1.56 bits per heavy atom. The Kier molecular flexibility index (Phi) is 7.17. The number of nitrogens with zero attached hydrogens (tertiary/aromatic N) is 4. The van der Waals surface area contributed by atoms with Crippen molar-refractivity contribution in [3.8, 4) is 40.0 Å². The molecule has 0 saturated heterocycles. The summed E-state index contributed by atoms with van der Waals surface area (Å²) < 4.78 is 13.6. The summed E-state index contributed by atoms with van der Waals surface area (Å²) in [6, 6.07) is 18.9. The van der Waals surface area contributed by atoms with E-state index in [1.165, 1.54) is 16.8 Å². The standard InChI is InChI=1S/C37H38N4O2/c1-10-32-38-36(33-20(2)12-11-13-21(33)3)40-37(39-32)34-22(4)24(6)35(25(7)23(34)5)41-30-16-14-26(42-8)18-28(30)29-19-27(43-9)15-17-31(29)41/h11-19H,10H2,1-9H3. The van der Waals surface area contributed by atoms with E-state index in [4.69, 9.17) is 24.4 Å². The highest BCUT2D eigenvalue weighted by Gasteiger charge is 2.24. The van der Waals surface area contributed by atoms with Gasteiger partial charge in [-0.3, -0.25) is 0 Å². The van der Waals surface area contributed by atoms with Gasteiger partial charge in [0.1, 0.15) is 17.3 Å². The van der Waals surface area contributed by atoms with Crippen molar-refractivity contribution in [2.75, 3.05) is 14.2 Å². The summed E-state index contributed by atoms with van der Waals surface area (Å²) in [6.45, 7) is 15.1. The summed E-state index contributed by atoms with van der Waals surface area (Å²) in [5.74, 6) is 3.92. The Balaban J connectivity index is 1.64. The number of benzene rings is 4. The second kappa shape index (κ2) is 10.8. The van der Waals surface area contributed by atoms with E-state index in [0.717, 1.165) is 90.6 Å². The minimum atomic E-state index is 0.731. The number of fused-ring (bicyclic) bond motifs is 3. The maximum Gasteiger partial charge on any atom is 0.164 e. The van der Waals surface area contributed by atoms with Crippen LogP contribution in [0.15, 0.2) is 54.6 Å². The fraction of sp³-hybridized carbons (Fsp3) is 0.270. The van der Waals surface area contributed by atoms with Gasteiger partial charge in [-0.25, -0.2) is 15.0 Å². The van der Waals surface area contributed by atoms with Gasteiger partial charge in [0.05, 0.1) is 30.9 Å². The van der Waals surface area contributed by atoms with Gasteiger partial charge < -0.3 is 14.0 Å². The molecule has 2 heterocycles. The van der Waals surface area contributed by atoms with Crippen molar-refractivity contribution in [3.05, 3.63) is 93.8 Å². The van der Waals surface area contributed by atoms with Gasteiger partial charge in [-0.05, 0) is 111 Å². The Morgan fingerprint density at radius 2 is 1.09 bits per heavy atom. The summed E-state index contributed by atoms with van der Waals surface area (Å²) in [5, 5.41) is 2.24. The van der Waals surface area contributed by atoms with Crippen LogP contribution in [0.2, 0.25) is 0 Å². The van der Waals surface area contributed by atoms with E-state index in [9.17, 15) is 0 Å². The van der Waals surface area contributed by atoms with E-state index < -0.39 is 0 Å². The lowest BCUT2D eigenvalue weighted by molar-refractivity contribution is 0.415. The number of methoxy groups -OCH3 is 2. The summed E-state index contributed by atoms with van der Waals surface area (Å²) >= 11 is 0. The summed E-state index contributed by atoms with van der Waals surface area (Å²) in [7, 11) is 3.41.